The fraction of sp³-hybridized carbons (Fsp3) is 0. The van der Waals surface area contributed by atoms with E-state index in [2.05, 4.69) is 9.97 Å². The van der Waals surface area contributed by atoms with Gasteiger partial charge in [0.1, 0.15) is 6.26 Å². The fourth-order valence-corrected chi connectivity index (χ4v) is 2.17. The minimum Gasteiger partial charge on any atom is -0.476 e. The molecule has 0 bridgehead atoms. The first-order chi connectivity index (χ1) is 6.75. The molecular weight excluding hydrogens is 224 g/mol. The highest BCUT2D eigenvalue weighted by atomic mass is 32.2. The van der Waals surface area contributed by atoms with Crippen LogP contribution in [0.4, 0.5) is 0 Å². The molecule has 0 atom stereocenters. The fourth-order valence-electron chi connectivity index (χ4n) is 0.738. The van der Waals surface area contributed by atoms with Gasteiger partial charge in [0.15, 0.2) is 10.0 Å². The Kier molecular flexibility index (Phi) is 2.51. The average Bonchev–Trinajstić information content (AvgIpc) is 2.75. The second-order valence-electron chi connectivity index (χ2n) is 2.20. The first kappa shape index (κ1) is 9.22. The normalized spacial score (nSPS) is 10.3. The van der Waals surface area contributed by atoms with Crippen molar-refractivity contribution in [2.24, 2.45) is 0 Å². The monoisotopic (exact) mass is 228 g/mol. The van der Waals surface area contributed by atoms with Crippen LogP contribution in [0.3, 0.4) is 0 Å². The maximum Gasteiger partial charge on any atom is 0.357 e. The molecule has 0 spiro atoms. The minimum absolute atomic E-state index is 0.0935. The van der Waals surface area contributed by atoms with Gasteiger partial charge in [-0.1, -0.05) is 0 Å². The van der Waals surface area contributed by atoms with Gasteiger partial charge in [-0.2, -0.15) is 4.98 Å². The predicted octanol–water partition coefficient (Wildman–Crippen LogP) is 1.98. The van der Waals surface area contributed by atoms with E-state index in [0.717, 1.165) is 10.6 Å². The summed E-state index contributed by atoms with van der Waals surface area (Å²) in [5, 5.41) is 10.7. The molecule has 0 radical (unpaired) electrons. The first-order valence-corrected chi connectivity index (χ1v) is 5.21. The molecule has 0 aromatic carbocycles. The molecule has 0 aliphatic heterocycles. The van der Waals surface area contributed by atoms with Crippen LogP contribution >= 0.6 is 23.1 Å². The van der Waals surface area contributed by atoms with Crippen LogP contribution in [-0.2, 0) is 0 Å². The maximum atomic E-state index is 10.5. The van der Waals surface area contributed by atoms with E-state index < -0.39 is 5.97 Å². The number of hydrogen-bond donors (Lipinski definition) is 1. The molecule has 2 aromatic heterocycles. The van der Waals surface area contributed by atoms with Gasteiger partial charge in [-0.3, -0.25) is 0 Å². The quantitative estimate of drug-likeness (QED) is 0.865. The molecule has 5 nitrogen and oxygen atoms in total. The second kappa shape index (κ2) is 3.81. The van der Waals surface area contributed by atoms with Crippen molar-refractivity contribution >= 4 is 29.1 Å². The first-order valence-electron chi connectivity index (χ1n) is 3.52. The molecule has 14 heavy (non-hydrogen) atoms. The minimum atomic E-state index is -1.10. The van der Waals surface area contributed by atoms with Crippen LogP contribution in [0, 0.1) is 0 Å². The third-order valence-corrected chi connectivity index (χ3v) is 3.03. The van der Waals surface area contributed by atoms with Gasteiger partial charge in [0.2, 0.25) is 0 Å². The molecule has 2 rings (SSSR count). The van der Waals surface area contributed by atoms with Crippen molar-refractivity contribution in [2.45, 2.75) is 9.56 Å². The standard InChI is InChI=1S/C7H4N2O3S2/c10-5(11)4-3-12-6(9-4)14-7-8-1-2-13-7/h1-3H,(H,10,11). The lowest BCUT2D eigenvalue weighted by Crippen LogP contribution is -1.95. The molecular formula is C7H4N2O3S2. The number of carboxylic acids is 1. The van der Waals surface area contributed by atoms with Crippen LogP contribution in [0.15, 0.2) is 31.8 Å². The van der Waals surface area contributed by atoms with Gasteiger partial charge in [-0.05, 0) is 0 Å². The Morgan fingerprint density at radius 1 is 1.64 bits per heavy atom. The summed E-state index contributed by atoms with van der Waals surface area (Å²) in [7, 11) is 0. The van der Waals surface area contributed by atoms with Crippen molar-refractivity contribution in [3.63, 3.8) is 0 Å². The lowest BCUT2D eigenvalue weighted by Gasteiger charge is -1.86. The van der Waals surface area contributed by atoms with Gasteiger partial charge in [0.05, 0.1) is 0 Å². The van der Waals surface area contributed by atoms with E-state index in [9.17, 15) is 4.79 Å². The van der Waals surface area contributed by atoms with Crippen LogP contribution in [0.25, 0.3) is 0 Å². The highest BCUT2D eigenvalue weighted by Crippen LogP contribution is 2.28. The lowest BCUT2D eigenvalue weighted by molar-refractivity contribution is 0.0690. The number of thiazole rings is 1. The molecule has 2 heterocycles. The number of rotatable bonds is 3. The van der Waals surface area contributed by atoms with E-state index in [1.54, 1.807) is 6.20 Å². The molecule has 0 saturated heterocycles. The third kappa shape index (κ3) is 1.94. The molecule has 0 amide bonds. The Balaban J connectivity index is 2.14. The van der Waals surface area contributed by atoms with Gasteiger partial charge < -0.3 is 9.52 Å². The van der Waals surface area contributed by atoms with Crippen molar-refractivity contribution in [1.82, 2.24) is 9.97 Å². The smallest absolute Gasteiger partial charge is 0.357 e. The summed E-state index contributed by atoms with van der Waals surface area (Å²) in [5.41, 5.74) is -0.0935. The summed E-state index contributed by atoms with van der Waals surface area (Å²) < 4.78 is 5.70. The maximum absolute atomic E-state index is 10.5. The van der Waals surface area contributed by atoms with Crippen molar-refractivity contribution < 1.29 is 14.3 Å². The van der Waals surface area contributed by atoms with Crippen LogP contribution in [-0.4, -0.2) is 21.0 Å². The summed E-state index contributed by atoms with van der Waals surface area (Å²) >= 11 is 2.64. The van der Waals surface area contributed by atoms with Crippen LogP contribution in [0.5, 0.6) is 0 Å². The number of nitrogens with zero attached hydrogens (tertiary/aromatic N) is 2. The molecule has 2 aromatic rings. The average molecular weight is 228 g/mol. The van der Waals surface area contributed by atoms with Crippen molar-refractivity contribution in [3.8, 4) is 0 Å². The summed E-state index contributed by atoms with van der Waals surface area (Å²) in [6.45, 7) is 0. The van der Waals surface area contributed by atoms with Crippen molar-refractivity contribution in [1.29, 1.82) is 0 Å². The molecule has 0 unspecified atom stereocenters. The summed E-state index contributed by atoms with van der Waals surface area (Å²) in [6, 6.07) is 0. The summed E-state index contributed by atoms with van der Waals surface area (Å²) in [6.07, 6.45) is 2.77. The molecule has 0 aliphatic carbocycles. The number of aromatic nitrogens is 2. The number of aromatic carboxylic acids is 1. The van der Waals surface area contributed by atoms with Gasteiger partial charge in [0.25, 0.3) is 5.22 Å². The van der Waals surface area contributed by atoms with Crippen LogP contribution < -0.4 is 0 Å². The topological polar surface area (TPSA) is 76.2 Å². The molecule has 0 saturated carbocycles. The Morgan fingerprint density at radius 2 is 2.50 bits per heavy atom. The summed E-state index contributed by atoms with van der Waals surface area (Å²) in [5.74, 6) is -1.10. The SMILES string of the molecule is O=C(O)c1coc(Sc2nccs2)n1. The highest BCUT2D eigenvalue weighted by molar-refractivity contribution is 8.00. The van der Waals surface area contributed by atoms with Gasteiger partial charge in [-0.15, -0.1) is 11.3 Å². The van der Waals surface area contributed by atoms with Crippen molar-refractivity contribution in [2.75, 3.05) is 0 Å². The molecule has 1 N–H and O–H groups in total. The van der Waals surface area contributed by atoms with Gasteiger partial charge in [-0.25, -0.2) is 9.78 Å². The third-order valence-electron chi connectivity index (χ3n) is 1.29. The molecule has 72 valence electrons. The Hall–Kier alpha value is -1.34. The number of oxazole rings is 1. The number of carboxylic acid groups (broad SMARTS) is 1. The Bertz CT molecular complexity index is 437. The second-order valence-corrected chi connectivity index (χ2v) is 4.30. The van der Waals surface area contributed by atoms with E-state index in [0.29, 0.717) is 0 Å². The zero-order chi connectivity index (χ0) is 9.97. The van der Waals surface area contributed by atoms with Gasteiger partial charge in [0, 0.05) is 23.3 Å². The van der Waals surface area contributed by atoms with E-state index in [-0.39, 0.29) is 10.9 Å². The number of hydrogen-bond acceptors (Lipinski definition) is 6. The van der Waals surface area contributed by atoms with Gasteiger partial charge >= 0.3 is 5.97 Å². The lowest BCUT2D eigenvalue weighted by atomic mass is 10.5. The van der Waals surface area contributed by atoms with E-state index in [1.165, 1.54) is 23.1 Å². The van der Waals surface area contributed by atoms with E-state index in [1.807, 2.05) is 5.38 Å². The number of carbonyl (C=O) groups is 1. The Labute approximate surface area is 86.8 Å². The highest BCUT2D eigenvalue weighted by Gasteiger charge is 2.11. The predicted molar refractivity (Wildman–Crippen MR) is 49.7 cm³/mol. The zero-order valence-corrected chi connectivity index (χ0v) is 8.34. The molecule has 7 heteroatoms. The van der Waals surface area contributed by atoms with Crippen LogP contribution in [0.1, 0.15) is 10.5 Å². The Morgan fingerprint density at radius 3 is 3.07 bits per heavy atom. The van der Waals surface area contributed by atoms with Crippen LogP contribution in [0.2, 0.25) is 0 Å². The van der Waals surface area contributed by atoms with Crippen molar-refractivity contribution in [3.05, 3.63) is 23.5 Å². The summed E-state index contributed by atoms with van der Waals surface area (Å²) in [4.78, 5) is 18.2. The molecule has 0 fully saturated rings. The molecule has 0 aliphatic rings. The van der Waals surface area contributed by atoms with E-state index >= 15 is 0 Å². The largest absolute Gasteiger partial charge is 0.476 e. The van der Waals surface area contributed by atoms with E-state index in [4.69, 9.17) is 9.52 Å². The zero-order valence-electron chi connectivity index (χ0n) is 6.71.